The summed E-state index contributed by atoms with van der Waals surface area (Å²) in [6.45, 7) is 8.24. The molecular formula is C32H50O2. The Balaban J connectivity index is 2.37. The molecule has 2 aromatic rings. The predicted octanol–water partition coefficient (Wildman–Crippen LogP) is 9.79. The van der Waals surface area contributed by atoms with E-state index in [1.165, 1.54) is 69.8 Å². The molecule has 0 aromatic heterocycles. The molecule has 2 rings (SSSR count). The van der Waals surface area contributed by atoms with E-state index < -0.39 is 5.79 Å². The van der Waals surface area contributed by atoms with E-state index in [0.717, 1.165) is 38.0 Å². The Labute approximate surface area is 210 Å². The smallest absolute Gasteiger partial charge is 0.201 e. The number of benzene rings is 2. The summed E-state index contributed by atoms with van der Waals surface area (Å²) in [5.41, 5.74) is 2.48. The summed E-state index contributed by atoms with van der Waals surface area (Å²) in [5, 5.41) is 0. The normalized spacial score (nSPS) is 12.7. The van der Waals surface area contributed by atoms with Crippen molar-refractivity contribution in [1.82, 2.24) is 0 Å². The third-order valence-corrected chi connectivity index (χ3v) is 6.81. The van der Waals surface area contributed by atoms with Crippen LogP contribution in [0.25, 0.3) is 0 Å². The maximum atomic E-state index is 6.89. The van der Waals surface area contributed by atoms with Crippen LogP contribution in [0.1, 0.15) is 121 Å². The number of hydrogen-bond acceptors (Lipinski definition) is 2. The van der Waals surface area contributed by atoms with Crippen LogP contribution in [-0.4, -0.2) is 13.2 Å². The molecular weight excluding hydrogens is 416 g/mol. The molecule has 0 radical (unpaired) electrons. The Kier molecular flexibility index (Phi) is 14.9. The van der Waals surface area contributed by atoms with Crippen molar-refractivity contribution in [2.45, 2.75) is 116 Å². The average Bonchev–Trinajstić information content (AvgIpc) is 2.89. The van der Waals surface area contributed by atoms with E-state index in [0.29, 0.717) is 0 Å². The van der Waals surface area contributed by atoms with Gasteiger partial charge in [-0.05, 0) is 24.8 Å². The molecule has 0 aliphatic rings. The lowest BCUT2D eigenvalue weighted by Crippen LogP contribution is -2.40. The van der Waals surface area contributed by atoms with Gasteiger partial charge < -0.3 is 9.47 Å². The van der Waals surface area contributed by atoms with Crippen molar-refractivity contribution in [3.05, 3.63) is 71.8 Å². The zero-order valence-corrected chi connectivity index (χ0v) is 22.3. The highest BCUT2D eigenvalue weighted by atomic mass is 16.7. The molecule has 2 aromatic carbocycles. The van der Waals surface area contributed by atoms with Gasteiger partial charge in [-0.1, -0.05) is 146 Å². The molecule has 2 nitrogen and oxygen atoms in total. The Morgan fingerprint density at radius 1 is 0.559 bits per heavy atom. The van der Waals surface area contributed by atoms with Gasteiger partial charge in [0.1, 0.15) is 0 Å². The second kappa shape index (κ2) is 17.7. The molecule has 1 atom stereocenters. The lowest BCUT2D eigenvalue weighted by molar-refractivity contribution is -0.264. The maximum absolute atomic E-state index is 6.89. The summed E-state index contributed by atoms with van der Waals surface area (Å²) in [6, 6.07) is 21.7. The van der Waals surface area contributed by atoms with Gasteiger partial charge in [-0.2, -0.15) is 0 Å². The van der Waals surface area contributed by atoms with Gasteiger partial charge >= 0.3 is 0 Å². The molecule has 0 aliphatic carbocycles. The molecule has 0 heterocycles. The van der Waals surface area contributed by atoms with Gasteiger partial charge in [-0.3, -0.25) is 0 Å². The quantitative estimate of drug-likeness (QED) is 0.143. The third kappa shape index (κ3) is 9.55. The highest BCUT2D eigenvalue weighted by Crippen LogP contribution is 2.45. The van der Waals surface area contributed by atoms with Crippen molar-refractivity contribution < 1.29 is 9.47 Å². The first-order valence-corrected chi connectivity index (χ1v) is 14.2. The van der Waals surface area contributed by atoms with E-state index in [-0.39, 0.29) is 5.92 Å². The fourth-order valence-electron chi connectivity index (χ4n) is 4.82. The second-order valence-corrected chi connectivity index (χ2v) is 9.66. The predicted molar refractivity (Wildman–Crippen MR) is 146 cm³/mol. The molecule has 2 heteroatoms. The van der Waals surface area contributed by atoms with Gasteiger partial charge in [0.25, 0.3) is 0 Å². The maximum Gasteiger partial charge on any atom is 0.201 e. The molecule has 0 saturated carbocycles. The van der Waals surface area contributed by atoms with Crippen LogP contribution in [-0.2, 0) is 15.3 Å². The summed E-state index contributed by atoms with van der Waals surface area (Å²) < 4.78 is 13.8. The Morgan fingerprint density at radius 3 is 1.59 bits per heavy atom. The molecule has 0 fully saturated rings. The highest BCUT2D eigenvalue weighted by Gasteiger charge is 2.43. The van der Waals surface area contributed by atoms with Gasteiger partial charge in [-0.25, -0.2) is 0 Å². The largest absolute Gasteiger partial charge is 0.345 e. The van der Waals surface area contributed by atoms with Crippen molar-refractivity contribution in [2.75, 3.05) is 13.2 Å². The first-order chi connectivity index (χ1) is 16.8. The molecule has 190 valence electrons. The van der Waals surface area contributed by atoms with Crippen LogP contribution in [0.15, 0.2) is 60.7 Å². The van der Waals surface area contributed by atoms with Crippen LogP contribution < -0.4 is 0 Å². The Morgan fingerprint density at radius 2 is 1.03 bits per heavy atom. The summed E-state index contributed by atoms with van der Waals surface area (Å²) in [4.78, 5) is 0. The van der Waals surface area contributed by atoms with E-state index in [1.807, 2.05) is 0 Å². The van der Waals surface area contributed by atoms with Crippen molar-refractivity contribution in [1.29, 1.82) is 0 Å². The molecule has 0 bridgehead atoms. The van der Waals surface area contributed by atoms with Crippen LogP contribution in [0.4, 0.5) is 0 Å². The van der Waals surface area contributed by atoms with Gasteiger partial charge in [0.15, 0.2) is 0 Å². The molecule has 0 saturated heterocycles. The molecule has 0 aliphatic heterocycles. The number of ether oxygens (including phenoxy) is 2. The second-order valence-electron chi connectivity index (χ2n) is 9.66. The monoisotopic (exact) mass is 466 g/mol. The average molecular weight is 467 g/mol. The van der Waals surface area contributed by atoms with Gasteiger partial charge in [-0.15, -0.1) is 0 Å². The first-order valence-electron chi connectivity index (χ1n) is 14.2. The molecule has 1 unspecified atom stereocenters. The summed E-state index contributed by atoms with van der Waals surface area (Å²) in [7, 11) is 0. The van der Waals surface area contributed by atoms with Gasteiger partial charge in [0.05, 0.1) is 13.2 Å². The van der Waals surface area contributed by atoms with Gasteiger partial charge in [0, 0.05) is 11.5 Å². The van der Waals surface area contributed by atoms with Crippen molar-refractivity contribution in [3.8, 4) is 0 Å². The van der Waals surface area contributed by atoms with E-state index in [9.17, 15) is 0 Å². The topological polar surface area (TPSA) is 18.5 Å². The van der Waals surface area contributed by atoms with Crippen molar-refractivity contribution in [3.63, 3.8) is 0 Å². The summed E-state index contributed by atoms with van der Waals surface area (Å²) in [5.74, 6) is -0.571. The van der Waals surface area contributed by atoms with E-state index >= 15 is 0 Å². The van der Waals surface area contributed by atoms with Crippen LogP contribution in [0.5, 0.6) is 0 Å². The van der Waals surface area contributed by atoms with Crippen LogP contribution in [0.3, 0.4) is 0 Å². The minimum absolute atomic E-state index is 0.172. The lowest BCUT2D eigenvalue weighted by atomic mass is 9.81. The zero-order valence-electron chi connectivity index (χ0n) is 22.3. The standard InChI is InChI=1S/C32H50O2/c1-4-7-10-11-12-19-26-31(29-22-15-13-16-23-29)32(33-27-20-8-5-2,34-28-21-9-6-3)30-24-17-14-18-25-30/h13-18,22-25,31H,4-12,19-21,26-28H2,1-3H3. The SMILES string of the molecule is CCCCCCCCC(c1ccccc1)C(OCCCCC)(OCCCCC)c1ccccc1. The first kappa shape index (κ1) is 28.6. The zero-order chi connectivity index (χ0) is 24.3. The van der Waals surface area contributed by atoms with E-state index in [1.54, 1.807) is 0 Å². The van der Waals surface area contributed by atoms with E-state index in [2.05, 4.69) is 81.4 Å². The van der Waals surface area contributed by atoms with Crippen molar-refractivity contribution >= 4 is 0 Å². The van der Waals surface area contributed by atoms with Crippen LogP contribution in [0.2, 0.25) is 0 Å². The number of unbranched alkanes of at least 4 members (excludes halogenated alkanes) is 9. The Hall–Kier alpha value is -1.64. The number of rotatable bonds is 20. The molecule has 0 amide bonds. The van der Waals surface area contributed by atoms with Crippen LogP contribution >= 0.6 is 0 Å². The summed E-state index contributed by atoms with van der Waals surface area (Å²) >= 11 is 0. The van der Waals surface area contributed by atoms with E-state index in [4.69, 9.17) is 9.47 Å². The summed E-state index contributed by atoms with van der Waals surface area (Å²) in [6.07, 6.45) is 15.8. The Bertz CT molecular complexity index is 700. The van der Waals surface area contributed by atoms with Crippen molar-refractivity contribution in [2.24, 2.45) is 0 Å². The molecule has 0 N–H and O–H groups in total. The van der Waals surface area contributed by atoms with Crippen LogP contribution in [0, 0.1) is 0 Å². The number of hydrogen-bond donors (Lipinski definition) is 0. The minimum atomic E-state index is -0.743. The minimum Gasteiger partial charge on any atom is -0.345 e. The fourth-order valence-corrected chi connectivity index (χ4v) is 4.82. The fraction of sp³-hybridized carbons (Fsp3) is 0.625. The lowest BCUT2D eigenvalue weighted by Gasteiger charge is -2.41. The van der Waals surface area contributed by atoms with Gasteiger partial charge in [0.2, 0.25) is 5.79 Å². The molecule has 0 spiro atoms. The third-order valence-electron chi connectivity index (χ3n) is 6.81. The highest BCUT2D eigenvalue weighted by molar-refractivity contribution is 5.30. The molecule has 34 heavy (non-hydrogen) atoms.